The minimum Gasteiger partial charge on any atom is -0.484 e. The molecular formula is C20H23ClN2O4S. The van der Waals surface area contributed by atoms with Gasteiger partial charge < -0.3 is 10.1 Å². The van der Waals surface area contributed by atoms with E-state index in [0.717, 1.165) is 24.8 Å². The van der Waals surface area contributed by atoms with Crippen molar-refractivity contribution in [2.24, 2.45) is 0 Å². The first-order chi connectivity index (χ1) is 13.4. The number of rotatable bonds is 6. The zero-order chi connectivity index (χ0) is 20.1. The lowest BCUT2D eigenvalue weighted by atomic mass is 10.2. The number of halogens is 1. The Morgan fingerprint density at radius 1 is 1.14 bits per heavy atom. The molecule has 0 aromatic heterocycles. The molecule has 1 N–H and O–H groups in total. The van der Waals surface area contributed by atoms with Gasteiger partial charge in [0.1, 0.15) is 5.75 Å². The SMILES string of the molecule is Cc1ccc(S(=O)(=O)N2CCCCC2)cc1NC(=O)COc1cccc(Cl)c1. The van der Waals surface area contributed by atoms with Crippen LogP contribution in [0.4, 0.5) is 5.69 Å². The molecule has 0 unspecified atom stereocenters. The van der Waals surface area contributed by atoms with Crippen LogP contribution in [-0.2, 0) is 14.8 Å². The number of hydrogen-bond acceptors (Lipinski definition) is 4. The molecule has 0 aliphatic carbocycles. The van der Waals surface area contributed by atoms with Crippen molar-refractivity contribution in [1.29, 1.82) is 0 Å². The molecule has 0 atom stereocenters. The van der Waals surface area contributed by atoms with Crippen molar-refractivity contribution >= 4 is 33.2 Å². The fraction of sp³-hybridized carbons (Fsp3) is 0.350. The highest BCUT2D eigenvalue weighted by Gasteiger charge is 2.26. The summed E-state index contributed by atoms with van der Waals surface area (Å²) in [4.78, 5) is 12.4. The van der Waals surface area contributed by atoms with E-state index in [1.165, 1.54) is 10.4 Å². The van der Waals surface area contributed by atoms with Crippen LogP contribution in [0.1, 0.15) is 24.8 Å². The van der Waals surface area contributed by atoms with E-state index in [2.05, 4.69) is 5.32 Å². The maximum absolute atomic E-state index is 12.9. The van der Waals surface area contributed by atoms with Crippen molar-refractivity contribution in [1.82, 2.24) is 4.31 Å². The lowest BCUT2D eigenvalue weighted by molar-refractivity contribution is -0.118. The standard InChI is InChI=1S/C20H23ClN2O4S/c1-15-8-9-18(28(25,26)23-10-3-2-4-11-23)13-19(15)22-20(24)14-27-17-7-5-6-16(21)12-17/h5-9,12-13H,2-4,10-11,14H2,1H3,(H,22,24). The first-order valence-electron chi connectivity index (χ1n) is 9.15. The van der Waals surface area contributed by atoms with Gasteiger partial charge in [-0.2, -0.15) is 4.31 Å². The van der Waals surface area contributed by atoms with Gasteiger partial charge in [-0.05, 0) is 55.7 Å². The largest absolute Gasteiger partial charge is 0.484 e. The van der Waals surface area contributed by atoms with Gasteiger partial charge in [0.05, 0.1) is 4.90 Å². The Bertz CT molecular complexity index is 956. The van der Waals surface area contributed by atoms with Crippen molar-refractivity contribution in [2.45, 2.75) is 31.1 Å². The number of amides is 1. The van der Waals surface area contributed by atoms with Gasteiger partial charge in [0, 0.05) is 23.8 Å². The number of hydrogen-bond donors (Lipinski definition) is 1. The predicted octanol–water partition coefficient (Wildman–Crippen LogP) is 3.84. The van der Waals surface area contributed by atoms with Gasteiger partial charge in [-0.3, -0.25) is 4.79 Å². The van der Waals surface area contributed by atoms with E-state index in [4.69, 9.17) is 16.3 Å². The van der Waals surface area contributed by atoms with Crippen molar-refractivity contribution in [3.05, 3.63) is 53.1 Å². The van der Waals surface area contributed by atoms with E-state index in [1.807, 2.05) is 6.92 Å². The maximum Gasteiger partial charge on any atom is 0.262 e. The zero-order valence-electron chi connectivity index (χ0n) is 15.7. The number of ether oxygens (including phenoxy) is 1. The molecule has 8 heteroatoms. The van der Waals surface area contributed by atoms with E-state index in [1.54, 1.807) is 36.4 Å². The number of benzene rings is 2. The van der Waals surface area contributed by atoms with E-state index < -0.39 is 10.0 Å². The second-order valence-electron chi connectivity index (χ2n) is 6.74. The Labute approximate surface area is 170 Å². The molecule has 28 heavy (non-hydrogen) atoms. The molecule has 1 saturated heterocycles. The van der Waals surface area contributed by atoms with E-state index >= 15 is 0 Å². The second kappa shape index (κ2) is 8.94. The normalized spacial score (nSPS) is 15.2. The van der Waals surface area contributed by atoms with Crippen LogP contribution in [0.5, 0.6) is 5.75 Å². The molecule has 2 aromatic carbocycles. The molecular weight excluding hydrogens is 400 g/mol. The summed E-state index contributed by atoms with van der Waals surface area (Å²) in [6.07, 6.45) is 2.79. The summed E-state index contributed by atoms with van der Waals surface area (Å²) < 4.78 is 32.6. The number of aryl methyl sites for hydroxylation is 1. The number of nitrogens with one attached hydrogen (secondary N) is 1. The van der Waals surface area contributed by atoms with Crippen LogP contribution < -0.4 is 10.1 Å². The smallest absolute Gasteiger partial charge is 0.262 e. The van der Waals surface area contributed by atoms with Crippen LogP contribution in [0.3, 0.4) is 0 Å². The summed E-state index contributed by atoms with van der Waals surface area (Å²) in [5.74, 6) is 0.108. The molecule has 150 valence electrons. The van der Waals surface area contributed by atoms with E-state index in [0.29, 0.717) is 29.5 Å². The van der Waals surface area contributed by atoms with Crippen LogP contribution in [0.2, 0.25) is 5.02 Å². The van der Waals surface area contributed by atoms with Crippen LogP contribution in [0.15, 0.2) is 47.4 Å². The van der Waals surface area contributed by atoms with Crippen molar-refractivity contribution in [3.8, 4) is 5.75 Å². The fourth-order valence-corrected chi connectivity index (χ4v) is 4.77. The molecule has 0 bridgehead atoms. The molecule has 1 amide bonds. The van der Waals surface area contributed by atoms with Gasteiger partial charge in [-0.25, -0.2) is 8.42 Å². The quantitative estimate of drug-likeness (QED) is 0.767. The topological polar surface area (TPSA) is 75.7 Å². The third kappa shape index (κ3) is 5.04. The number of carbonyl (C=O) groups is 1. The third-order valence-electron chi connectivity index (χ3n) is 4.60. The van der Waals surface area contributed by atoms with Gasteiger partial charge in [0.2, 0.25) is 10.0 Å². The first kappa shape index (κ1) is 20.6. The molecule has 1 aliphatic heterocycles. The molecule has 0 spiro atoms. The summed E-state index contributed by atoms with van der Waals surface area (Å²) in [6.45, 7) is 2.67. The Morgan fingerprint density at radius 3 is 2.61 bits per heavy atom. The monoisotopic (exact) mass is 422 g/mol. The lowest BCUT2D eigenvalue weighted by Gasteiger charge is -2.26. The van der Waals surface area contributed by atoms with Crippen LogP contribution >= 0.6 is 11.6 Å². The molecule has 3 rings (SSSR count). The molecule has 1 heterocycles. The van der Waals surface area contributed by atoms with Crippen molar-refractivity contribution < 1.29 is 17.9 Å². The van der Waals surface area contributed by atoms with Crippen molar-refractivity contribution in [3.63, 3.8) is 0 Å². The number of nitrogens with zero attached hydrogens (tertiary/aromatic N) is 1. The predicted molar refractivity (Wildman–Crippen MR) is 109 cm³/mol. The molecule has 1 fully saturated rings. The Hall–Kier alpha value is -2.09. The highest BCUT2D eigenvalue weighted by molar-refractivity contribution is 7.89. The van der Waals surface area contributed by atoms with Crippen LogP contribution in [-0.4, -0.2) is 38.3 Å². The highest BCUT2D eigenvalue weighted by atomic mass is 35.5. The zero-order valence-corrected chi connectivity index (χ0v) is 17.2. The molecule has 1 aliphatic rings. The van der Waals surface area contributed by atoms with Crippen LogP contribution in [0.25, 0.3) is 0 Å². The molecule has 6 nitrogen and oxygen atoms in total. The van der Waals surface area contributed by atoms with Gasteiger partial charge in [-0.15, -0.1) is 0 Å². The summed E-state index contributed by atoms with van der Waals surface area (Å²) in [7, 11) is -3.56. The number of anilines is 1. The number of carbonyl (C=O) groups excluding carboxylic acids is 1. The second-order valence-corrected chi connectivity index (χ2v) is 9.11. The Kier molecular flexibility index (Phi) is 6.59. The highest BCUT2D eigenvalue weighted by Crippen LogP contribution is 2.25. The van der Waals surface area contributed by atoms with Crippen LogP contribution in [0, 0.1) is 6.92 Å². The number of sulfonamides is 1. The van der Waals surface area contributed by atoms with Crippen molar-refractivity contribution in [2.75, 3.05) is 25.0 Å². The van der Waals surface area contributed by atoms with Gasteiger partial charge in [-0.1, -0.05) is 30.2 Å². The summed E-state index contributed by atoms with van der Waals surface area (Å²) in [5, 5.41) is 3.25. The summed E-state index contributed by atoms with van der Waals surface area (Å²) in [5.41, 5.74) is 1.23. The Balaban J connectivity index is 1.70. The average molecular weight is 423 g/mol. The molecule has 0 radical (unpaired) electrons. The fourth-order valence-electron chi connectivity index (χ4n) is 3.04. The van der Waals surface area contributed by atoms with E-state index in [9.17, 15) is 13.2 Å². The minimum absolute atomic E-state index is 0.186. The lowest BCUT2D eigenvalue weighted by Crippen LogP contribution is -2.35. The average Bonchev–Trinajstić information content (AvgIpc) is 2.69. The van der Waals surface area contributed by atoms with Gasteiger partial charge >= 0.3 is 0 Å². The molecule has 2 aromatic rings. The van der Waals surface area contributed by atoms with Gasteiger partial charge in [0.25, 0.3) is 5.91 Å². The third-order valence-corrected chi connectivity index (χ3v) is 6.73. The summed E-state index contributed by atoms with van der Waals surface area (Å²) >= 11 is 5.89. The number of piperidine rings is 1. The van der Waals surface area contributed by atoms with Gasteiger partial charge in [0.15, 0.2) is 6.61 Å². The first-order valence-corrected chi connectivity index (χ1v) is 11.0. The minimum atomic E-state index is -3.56. The maximum atomic E-state index is 12.9. The van der Waals surface area contributed by atoms with E-state index in [-0.39, 0.29) is 17.4 Å². The summed E-state index contributed by atoms with van der Waals surface area (Å²) in [6, 6.07) is 11.6. The molecule has 0 saturated carbocycles. The Morgan fingerprint density at radius 2 is 1.89 bits per heavy atom.